The first-order valence-electron chi connectivity index (χ1n) is 6.85. The van der Waals surface area contributed by atoms with E-state index in [4.69, 9.17) is 0 Å². The van der Waals surface area contributed by atoms with Crippen LogP contribution < -0.4 is 0 Å². The first-order valence-corrected chi connectivity index (χ1v) is 8.23. The molecular weight excluding hydrogens is 216 g/mol. The predicted molar refractivity (Wildman–Crippen MR) is 75.1 cm³/mol. The van der Waals surface area contributed by atoms with E-state index < -0.39 is 10.8 Å². The lowest BCUT2D eigenvalue weighted by molar-refractivity contribution is 0.577. The highest BCUT2D eigenvalue weighted by Gasteiger charge is 1.91. The van der Waals surface area contributed by atoms with E-state index in [1.54, 1.807) is 0 Å². The molecule has 1 atom stereocenters. The highest BCUT2D eigenvalue weighted by atomic mass is 32.2. The van der Waals surface area contributed by atoms with Gasteiger partial charge in [-0.3, -0.25) is 4.21 Å². The average molecular weight is 244 g/mol. The maximum atomic E-state index is 11.1. The SMILES string of the molecule is CCCCCCCCCC/C=C/S(=O)CC. The van der Waals surface area contributed by atoms with Crippen LogP contribution in [0.5, 0.6) is 0 Å². The smallest absolute Gasteiger partial charge is 0.0449 e. The number of hydrogen-bond acceptors (Lipinski definition) is 1. The van der Waals surface area contributed by atoms with Gasteiger partial charge in [0.25, 0.3) is 0 Å². The van der Waals surface area contributed by atoms with Gasteiger partial charge in [-0.1, -0.05) is 64.9 Å². The van der Waals surface area contributed by atoms with Crippen LogP contribution in [0.4, 0.5) is 0 Å². The number of allylic oxidation sites excluding steroid dienone is 1. The van der Waals surface area contributed by atoms with Crippen molar-refractivity contribution in [3.8, 4) is 0 Å². The van der Waals surface area contributed by atoms with Crippen molar-refractivity contribution in [2.45, 2.75) is 71.6 Å². The van der Waals surface area contributed by atoms with E-state index in [9.17, 15) is 4.21 Å². The van der Waals surface area contributed by atoms with Crippen molar-refractivity contribution in [2.24, 2.45) is 0 Å². The van der Waals surface area contributed by atoms with Crippen molar-refractivity contribution >= 4 is 10.8 Å². The summed E-state index contributed by atoms with van der Waals surface area (Å²) in [7, 11) is -0.720. The Morgan fingerprint density at radius 1 is 0.875 bits per heavy atom. The molecule has 0 radical (unpaired) electrons. The van der Waals surface area contributed by atoms with Crippen molar-refractivity contribution in [1.29, 1.82) is 0 Å². The lowest BCUT2D eigenvalue weighted by Gasteiger charge is -1.99. The van der Waals surface area contributed by atoms with Gasteiger partial charge < -0.3 is 0 Å². The van der Waals surface area contributed by atoms with Gasteiger partial charge in [0, 0.05) is 16.6 Å². The summed E-state index contributed by atoms with van der Waals surface area (Å²) in [4.78, 5) is 0. The molecule has 0 rings (SSSR count). The van der Waals surface area contributed by atoms with Gasteiger partial charge in [-0.25, -0.2) is 0 Å². The topological polar surface area (TPSA) is 17.1 Å². The Balaban J connectivity index is 3.09. The van der Waals surface area contributed by atoms with Crippen LogP contribution in [0, 0.1) is 0 Å². The molecular formula is C14H28OS. The highest BCUT2D eigenvalue weighted by molar-refractivity contribution is 7.87. The van der Waals surface area contributed by atoms with Crippen LogP contribution in [-0.4, -0.2) is 9.96 Å². The molecule has 0 heterocycles. The maximum absolute atomic E-state index is 11.1. The maximum Gasteiger partial charge on any atom is 0.0449 e. The molecule has 0 saturated carbocycles. The van der Waals surface area contributed by atoms with Crippen LogP contribution in [-0.2, 0) is 10.8 Å². The Bertz CT molecular complexity index is 187. The quantitative estimate of drug-likeness (QED) is 0.477. The fraction of sp³-hybridized carbons (Fsp3) is 0.857. The predicted octanol–water partition coefficient (Wildman–Crippen LogP) is 4.80. The summed E-state index contributed by atoms with van der Waals surface area (Å²) in [6.07, 6.45) is 14.1. The van der Waals surface area contributed by atoms with Gasteiger partial charge in [0.15, 0.2) is 0 Å². The zero-order valence-corrected chi connectivity index (χ0v) is 11.9. The number of rotatable bonds is 11. The number of hydrogen-bond donors (Lipinski definition) is 0. The first kappa shape index (κ1) is 15.9. The van der Waals surface area contributed by atoms with Crippen LogP contribution >= 0.6 is 0 Å². The Labute approximate surface area is 104 Å². The molecule has 0 spiro atoms. The third kappa shape index (κ3) is 12.0. The minimum Gasteiger partial charge on any atom is -0.255 e. The van der Waals surface area contributed by atoms with Crippen molar-refractivity contribution in [1.82, 2.24) is 0 Å². The van der Waals surface area contributed by atoms with E-state index in [1.165, 1.54) is 51.4 Å². The molecule has 0 aliphatic heterocycles. The Kier molecular flexibility index (Phi) is 12.9. The highest BCUT2D eigenvalue weighted by Crippen LogP contribution is 2.09. The summed E-state index contributed by atoms with van der Waals surface area (Å²) in [6.45, 7) is 4.21. The molecule has 0 aromatic carbocycles. The van der Waals surface area contributed by atoms with Crippen LogP contribution in [0.3, 0.4) is 0 Å². The van der Waals surface area contributed by atoms with Crippen LogP contribution in [0.1, 0.15) is 71.6 Å². The van der Waals surface area contributed by atoms with E-state index in [2.05, 4.69) is 13.0 Å². The standard InChI is InChI=1S/C14H28OS/c1-3-5-6-7-8-9-10-11-12-13-14-16(15)4-2/h13-14H,3-12H2,1-2H3/b14-13+. The monoisotopic (exact) mass is 244 g/mol. The zero-order valence-electron chi connectivity index (χ0n) is 11.0. The molecule has 1 nitrogen and oxygen atoms in total. The molecule has 2 heteroatoms. The van der Waals surface area contributed by atoms with E-state index in [0.29, 0.717) is 0 Å². The Hall–Kier alpha value is -0.110. The molecule has 0 saturated heterocycles. The summed E-state index contributed by atoms with van der Waals surface area (Å²) in [5, 5.41) is 1.85. The van der Waals surface area contributed by atoms with Gasteiger partial charge in [0.2, 0.25) is 0 Å². The third-order valence-electron chi connectivity index (χ3n) is 2.76. The summed E-state index contributed by atoms with van der Waals surface area (Å²) < 4.78 is 11.1. The van der Waals surface area contributed by atoms with Gasteiger partial charge in [-0.05, 0) is 18.2 Å². The van der Waals surface area contributed by atoms with Gasteiger partial charge in [0.1, 0.15) is 0 Å². The van der Waals surface area contributed by atoms with E-state index in [1.807, 2.05) is 12.3 Å². The summed E-state index contributed by atoms with van der Waals surface area (Å²) in [6, 6.07) is 0. The second-order valence-electron chi connectivity index (χ2n) is 4.30. The second kappa shape index (κ2) is 13.0. The molecule has 0 aliphatic carbocycles. The van der Waals surface area contributed by atoms with Crippen molar-refractivity contribution in [3.05, 3.63) is 11.5 Å². The summed E-state index contributed by atoms with van der Waals surface area (Å²) >= 11 is 0. The van der Waals surface area contributed by atoms with Gasteiger partial charge in [-0.15, -0.1) is 0 Å². The molecule has 0 aliphatic rings. The molecule has 0 N–H and O–H groups in total. The Morgan fingerprint density at radius 2 is 1.44 bits per heavy atom. The molecule has 0 fully saturated rings. The van der Waals surface area contributed by atoms with E-state index in [0.717, 1.165) is 12.2 Å². The first-order chi connectivity index (χ1) is 7.81. The fourth-order valence-electron chi connectivity index (χ4n) is 1.67. The van der Waals surface area contributed by atoms with Gasteiger partial charge in [0.05, 0.1) is 0 Å². The minimum atomic E-state index is -0.720. The van der Waals surface area contributed by atoms with Crippen LogP contribution in [0.25, 0.3) is 0 Å². The Morgan fingerprint density at radius 3 is 2.00 bits per heavy atom. The van der Waals surface area contributed by atoms with Gasteiger partial charge >= 0.3 is 0 Å². The molecule has 0 aromatic heterocycles. The van der Waals surface area contributed by atoms with Gasteiger partial charge in [-0.2, -0.15) is 0 Å². The van der Waals surface area contributed by atoms with Crippen LogP contribution in [0.15, 0.2) is 11.5 Å². The zero-order chi connectivity index (χ0) is 12.1. The fourth-order valence-corrected chi connectivity index (χ4v) is 2.21. The van der Waals surface area contributed by atoms with Crippen molar-refractivity contribution in [2.75, 3.05) is 5.75 Å². The van der Waals surface area contributed by atoms with E-state index in [-0.39, 0.29) is 0 Å². The normalized spacial score (nSPS) is 13.4. The van der Waals surface area contributed by atoms with Crippen molar-refractivity contribution < 1.29 is 4.21 Å². The molecule has 0 bridgehead atoms. The third-order valence-corrected chi connectivity index (χ3v) is 3.82. The van der Waals surface area contributed by atoms with Crippen LogP contribution in [0.2, 0.25) is 0 Å². The lowest BCUT2D eigenvalue weighted by Crippen LogP contribution is -1.85. The lowest BCUT2D eigenvalue weighted by atomic mass is 10.1. The summed E-state index contributed by atoms with van der Waals surface area (Å²) in [5.41, 5.74) is 0. The molecule has 0 amide bonds. The van der Waals surface area contributed by atoms with Crippen molar-refractivity contribution in [3.63, 3.8) is 0 Å². The minimum absolute atomic E-state index is 0.720. The molecule has 96 valence electrons. The number of unbranched alkanes of at least 4 members (excludes halogenated alkanes) is 8. The average Bonchev–Trinajstić information content (AvgIpc) is 2.31. The molecule has 16 heavy (non-hydrogen) atoms. The largest absolute Gasteiger partial charge is 0.255 e. The second-order valence-corrected chi connectivity index (χ2v) is 5.92. The molecule has 1 unspecified atom stereocenters. The molecule has 0 aromatic rings. The van der Waals surface area contributed by atoms with E-state index >= 15 is 0 Å². The summed E-state index contributed by atoms with van der Waals surface area (Å²) in [5.74, 6) is 0.744.